The van der Waals surface area contributed by atoms with Gasteiger partial charge in [0, 0.05) is 17.7 Å². The zero-order valence-electron chi connectivity index (χ0n) is 19.3. The number of hydrogen-bond donors (Lipinski definition) is 4. The van der Waals surface area contributed by atoms with Crippen molar-refractivity contribution in [3.05, 3.63) is 94.3 Å². The molecule has 0 aliphatic carbocycles. The number of benzene rings is 3. The van der Waals surface area contributed by atoms with Crippen molar-refractivity contribution in [1.82, 2.24) is 4.68 Å². The van der Waals surface area contributed by atoms with Gasteiger partial charge in [-0.2, -0.15) is 9.78 Å². The summed E-state index contributed by atoms with van der Waals surface area (Å²) in [5.74, 6) is -0.0525. The largest absolute Gasteiger partial charge is 0.506 e. The second kappa shape index (κ2) is 9.50. The van der Waals surface area contributed by atoms with Crippen LogP contribution in [0.2, 0.25) is 0 Å². The highest BCUT2D eigenvalue weighted by Gasteiger charge is 2.31. The third kappa shape index (κ3) is 4.33. The predicted molar refractivity (Wildman–Crippen MR) is 143 cm³/mol. The van der Waals surface area contributed by atoms with Crippen LogP contribution in [0.15, 0.2) is 92.0 Å². The van der Waals surface area contributed by atoms with Crippen molar-refractivity contribution in [3.63, 3.8) is 0 Å². The Morgan fingerprint density at radius 2 is 1.83 bits per heavy atom. The SMILES string of the molecule is CCC=Nn1c(=O)c(C2=NS(O)(O)c3cc(OCc4ccccc4)ccc3N2)c(O)c2ccccc21. The highest BCUT2D eigenvalue weighted by molar-refractivity contribution is 8.23. The normalized spacial score (nSPS) is 15.2. The summed E-state index contributed by atoms with van der Waals surface area (Å²) in [6, 6.07) is 21.2. The fourth-order valence-corrected chi connectivity index (χ4v) is 5.08. The van der Waals surface area contributed by atoms with E-state index in [2.05, 4.69) is 14.8 Å². The molecular formula is C26H24N4O5S. The standard InChI is InChI=1S/C26H24N4O5S/c1-2-14-27-30-21-11-7-6-10-19(21)24(31)23(26(30)32)25-28-20-13-12-18(15-22(20)36(33,34)29-25)35-16-17-8-4-3-5-9-17/h3-15,31,33-34H,2,16H2,1H3,(H,28,29). The number of amidine groups is 1. The van der Waals surface area contributed by atoms with E-state index in [1.165, 1.54) is 10.7 Å². The van der Waals surface area contributed by atoms with E-state index in [9.17, 15) is 19.0 Å². The Morgan fingerprint density at radius 1 is 1.08 bits per heavy atom. The molecule has 0 unspecified atom stereocenters. The summed E-state index contributed by atoms with van der Waals surface area (Å²) >= 11 is 0. The summed E-state index contributed by atoms with van der Waals surface area (Å²) in [5.41, 5.74) is 0.856. The highest BCUT2D eigenvalue weighted by atomic mass is 32.3. The molecule has 4 aromatic rings. The van der Waals surface area contributed by atoms with Crippen LogP contribution in [0, 0.1) is 0 Å². The van der Waals surface area contributed by atoms with Gasteiger partial charge in [0.2, 0.25) is 0 Å². The van der Waals surface area contributed by atoms with Gasteiger partial charge in [-0.1, -0.05) is 60.2 Å². The predicted octanol–water partition coefficient (Wildman–Crippen LogP) is 5.43. The Morgan fingerprint density at radius 3 is 2.61 bits per heavy atom. The van der Waals surface area contributed by atoms with Gasteiger partial charge in [-0.3, -0.25) is 13.9 Å². The van der Waals surface area contributed by atoms with Crippen molar-refractivity contribution in [2.75, 3.05) is 5.32 Å². The second-order valence-corrected chi connectivity index (χ2v) is 9.74. The third-order valence-electron chi connectivity index (χ3n) is 5.61. The van der Waals surface area contributed by atoms with E-state index in [0.29, 0.717) is 35.4 Å². The molecule has 1 aliphatic heterocycles. The van der Waals surface area contributed by atoms with Gasteiger partial charge in [0.25, 0.3) is 5.56 Å². The van der Waals surface area contributed by atoms with Gasteiger partial charge in [-0.05, 0) is 36.2 Å². The number of pyridine rings is 1. The summed E-state index contributed by atoms with van der Waals surface area (Å²) in [4.78, 5) is 13.5. The van der Waals surface area contributed by atoms with Crippen molar-refractivity contribution >= 4 is 39.4 Å². The Kier molecular flexibility index (Phi) is 6.23. The van der Waals surface area contributed by atoms with E-state index in [1.54, 1.807) is 42.6 Å². The first-order valence-corrected chi connectivity index (χ1v) is 12.8. The molecule has 0 atom stereocenters. The van der Waals surface area contributed by atoms with Crippen molar-refractivity contribution < 1.29 is 18.9 Å². The van der Waals surface area contributed by atoms with Crippen LogP contribution in [0.1, 0.15) is 24.5 Å². The molecule has 2 heterocycles. The number of rotatable bonds is 6. The Hall–Kier alpha value is -4.12. The van der Waals surface area contributed by atoms with Gasteiger partial charge >= 0.3 is 0 Å². The number of aromatic hydroxyl groups is 1. The average Bonchev–Trinajstić information content (AvgIpc) is 2.88. The topological polar surface area (TPSA) is 129 Å². The number of para-hydroxylation sites is 1. The van der Waals surface area contributed by atoms with Gasteiger partial charge in [0.05, 0.1) is 11.2 Å². The maximum Gasteiger partial charge on any atom is 0.286 e. The fourth-order valence-electron chi connectivity index (χ4n) is 3.90. The van der Waals surface area contributed by atoms with Crippen molar-refractivity contribution in [3.8, 4) is 11.5 Å². The first-order valence-electron chi connectivity index (χ1n) is 11.2. The quantitative estimate of drug-likeness (QED) is 0.259. The Labute approximate surface area is 208 Å². The minimum Gasteiger partial charge on any atom is -0.506 e. The number of nitrogens with zero attached hydrogens (tertiary/aromatic N) is 3. The minimum absolute atomic E-state index is 0.126. The first-order chi connectivity index (χ1) is 17.4. The number of ether oxygens (including phenoxy) is 1. The minimum atomic E-state index is -3.71. The molecule has 1 aliphatic rings. The van der Waals surface area contributed by atoms with E-state index in [0.717, 1.165) is 5.56 Å². The van der Waals surface area contributed by atoms with Gasteiger partial charge < -0.3 is 15.2 Å². The summed E-state index contributed by atoms with van der Waals surface area (Å²) in [6.45, 7) is 2.19. The first kappa shape index (κ1) is 23.6. The summed E-state index contributed by atoms with van der Waals surface area (Å²) in [5, 5.41) is 18.6. The van der Waals surface area contributed by atoms with E-state index >= 15 is 0 Å². The molecule has 1 aromatic heterocycles. The zero-order valence-corrected chi connectivity index (χ0v) is 20.1. The summed E-state index contributed by atoms with van der Waals surface area (Å²) in [6.07, 6.45) is 2.17. The lowest BCUT2D eigenvalue weighted by Gasteiger charge is -2.34. The lowest BCUT2D eigenvalue weighted by atomic mass is 10.1. The van der Waals surface area contributed by atoms with E-state index < -0.39 is 16.3 Å². The molecule has 0 spiro atoms. The molecule has 0 saturated carbocycles. The number of nitrogens with one attached hydrogen (secondary N) is 1. The lowest BCUT2D eigenvalue weighted by molar-refractivity contribution is 0.305. The van der Waals surface area contributed by atoms with Gasteiger partial charge in [0.1, 0.15) is 28.6 Å². The molecule has 184 valence electrons. The van der Waals surface area contributed by atoms with E-state index in [-0.39, 0.29) is 22.0 Å². The average molecular weight is 505 g/mol. The van der Waals surface area contributed by atoms with Crippen LogP contribution in [0.25, 0.3) is 10.9 Å². The van der Waals surface area contributed by atoms with Crippen molar-refractivity contribution in [2.24, 2.45) is 9.50 Å². The van der Waals surface area contributed by atoms with E-state index in [1.807, 2.05) is 37.3 Å². The Balaban J connectivity index is 1.55. The van der Waals surface area contributed by atoms with Crippen LogP contribution in [-0.2, 0) is 6.61 Å². The monoisotopic (exact) mass is 504 g/mol. The molecular weight excluding hydrogens is 480 g/mol. The van der Waals surface area contributed by atoms with Crippen LogP contribution in [0.5, 0.6) is 11.5 Å². The number of hydrogen-bond acceptors (Lipinski definition) is 8. The van der Waals surface area contributed by atoms with Gasteiger partial charge in [0.15, 0.2) is 5.84 Å². The molecule has 0 bridgehead atoms. The molecule has 0 amide bonds. The van der Waals surface area contributed by atoms with Gasteiger partial charge in [-0.15, -0.1) is 4.40 Å². The molecule has 9 nitrogen and oxygen atoms in total. The second-order valence-electron chi connectivity index (χ2n) is 8.08. The summed E-state index contributed by atoms with van der Waals surface area (Å²) < 4.78 is 32.8. The van der Waals surface area contributed by atoms with Crippen molar-refractivity contribution in [2.45, 2.75) is 24.8 Å². The van der Waals surface area contributed by atoms with E-state index in [4.69, 9.17) is 4.74 Å². The maximum absolute atomic E-state index is 13.4. The Bertz CT molecular complexity index is 1560. The molecule has 0 radical (unpaired) electrons. The number of aromatic nitrogens is 1. The number of anilines is 1. The third-order valence-corrected chi connectivity index (χ3v) is 6.98. The molecule has 0 saturated heterocycles. The molecule has 3 aromatic carbocycles. The molecule has 10 heteroatoms. The zero-order chi connectivity index (χ0) is 25.3. The molecule has 0 fully saturated rings. The highest BCUT2D eigenvalue weighted by Crippen LogP contribution is 2.56. The maximum atomic E-state index is 13.4. The fraction of sp³-hybridized carbons (Fsp3) is 0.115. The van der Waals surface area contributed by atoms with Crippen LogP contribution in [0.4, 0.5) is 5.69 Å². The smallest absolute Gasteiger partial charge is 0.286 e. The molecule has 5 rings (SSSR count). The van der Waals surface area contributed by atoms with Gasteiger partial charge in [-0.25, -0.2) is 0 Å². The molecule has 36 heavy (non-hydrogen) atoms. The summed E-state index contributed by atoms with van der Waals surface area (Å²) in [7, 11) is -3.71. The molecule has 4 N–H and O–H groups in total. The van der Waals surface area contributed by atoms with Crippen LogP contribution < -0.4 is 15.6 Å². The van der Waals surface area contributed by atoms with Crippen LogP contribution in [-0.4, -0.2) is 30.9 Å². The van der Waals surface area contributed by atoms with Crippen LogP contribution >= 0.6 is 10.8 Å². The van der Waals surface area contributed by atoms with Crippen LogP contribution in [0.3, 0.4) is 0 Å². The number of fused-ring (bicyclic) bond motifs is 2. The lowest BCUT2D eigenvalue weighted by Crippen LogP contribution is -2.31. The van der Waals surface area contributed by atoms with Crippen molar-refractivity contribution in [1.29, 1.82) is 0 Å².